The van der Waals surface area contributed by atoms with Crippen LogP contribution < -0.4 is 10.1 Å². The van der Waals surface area contributed by atoms with Gasteiger partial charge in [-0.2, -0.15) is 13.2 Å². The molecule has 0 aliphatic rings. The number of halogens is 3. The van der Waals surface area contributed by atoms with Gasteiger partial charge in [0.2, 0.25) is 15.9 Å². The molecule has 0 heterocycles. The molecule has 10 heteroatoms. The highest BCUT2D eigenvalue weighted by Gasteiger charge is 2.30. The maximum absolute atomic E-state index is 12.8. The fourth-order valence-electron chi connectivity index (χ4n) is 2.51. The van der Waals surface area contributed by atoms with Crippen molar-refractivity contribution < 1.29 is 31.1 Å². The van der Waals surface area contributed by atoms with E-state index in [0.29, 0.717) is 0 Å². The van der Waals surface area contributed by atoms with E-state index in [0.717, 1.165) is 16.4 Å². The van der Waals surface area contributed by atoms with Gasteiger partial charge in [-0.3, -0.25) is 4.79 Å². The van der Waals surface area contributed by atoms with Crippen molar-refractivity contribution in [3.05, 3.63) is 53.6 Å². The van der Waals surface area contributed by atoms with Crippen molar-refractivity contribution in [2.24, 2.45) is 0 Å². The van der Waals surface area contributed by atoms with Gasteiger partial charge in [0.1, 0.15) is 10.6 Å². The van der Waals surface area contributed by atoms with Crippen LogP contribution in [-0.4, -0.2) is 39.3 Å². The van der Waals surface area contributed by atoms with E-state index in [2.05, 4.69) is 5.32 Å². The average molecular weight is 430 g/mol. The molecular weight excluding hydrogens is 409 g/mol. The molecule has 158 valence electrons. The number of anilines is 1. The predicted molar refractivity (Wildman–Crippen MR) is 102 cm³/mol. The molecule has 29 heavy (non-hydrogen) atoms. The largest absolute Gasteiger partial charge is 0.492 e. The van der Waals surface area contributed by atoms with Crippen molar-refractivity contribution >= 4 is 21.6 Å². The van der Waals surface area contributed by atoms with Crippen LogP contribution in [0, 0.1) is 0 Å². The van der Waals surface area contributed by atoms with Crippen molar-refractivity contribution in [2.75, 3.05) is 26.0 Å². The molecule has 2 rings (SSSR count). The summed E-state index contributed by atoms with van der Waals surface area (Å²) in [5.41, 5.74) is -0.474. The van der Waals surface area contributed by atoms with Gasteiger partial charge in [-0.25, -0.2) is 12.7 Å². The lowest BCUT2D eigenvalue weighted by atomic mass is 10.1. The van der Waals surface area contributed by atoms with Gasteiger partial charge < -0.3 is 10.1 Å². The molecule has 0 aliphatic heterocycles. The predicted octanol–water partition coefficient (Wildman–Crippen LogP) is 3.54. The third-order valence-electron chi connectivity index (χ3n) is 3.90. The van der Waals surface area contributed by atoms with Gasteiger partial charge >= 0.3 is 6.18 Å². The highest BCUT2D eigenvalue weighted by atomic mass is 32.2. The molecule has 1 amide bonds. The van der Waals surface area contributed by atoms with E-state index in [1.807, 2.05) is 0 Å². The molecule has 0 saturated carbocycles. The van der Waals surface area contributed by atoms with Gasteiger partial charge in [0, 0.05) is 19.8 Å². The molecule has 0 bridgehead atoms. The minimum Gasteiger partial charge on any atom is -0.492 e. The van der Waals surface area contributed by atoms with Crippen LogP contribution in [0.3, 0.4) is 0 Å². The van der Waals surface area contributed by atoms with Crippen LogP contribution in [0.5, 0.6) is 5.75 Å². The fourth-order valence-corrected chi connectivity index (χ4v) is 3.56. The van der Waals surface area contributed by atoms with Crippen LogP contribution in [0.4, 0.5) is 18.9 Å². The molecule has 1 N–H and O–H groups in total. The first-order valence-electron chi connectivity index (χ1n) is 8.60. The summed E-state index contributed by atoms with van der Waals surface area (Å²) in [6.07, 6.45) is -4.80. The number of nitrogens with one attached hydrogen (secondary N) is 1. The second-order valence-corrected chi connectivity index (χ2v) is 8.43. The molecule has 0 spiro atoms. The normalized spacial score (nSPS) is 12.1. The SMILES string of the molecule is CCOc1ccc(NC(=O)Cc2cccc(C(F)(F)F)c2)cc1S(=O)(=O)N(C)C. The number of nitrogens with zero attached hydrogens (tertiary/aromatic N) is 1. The Labute approximate surface area is 167 Å². The van der Waals surface area contributed by atoms with Crippen molar-refractivity contribution in [3.8, 4) is 5.75 Å². The molecule has 0 aliphatic carbocycles. The number of ether oxygens (including phenoxy) is 1. The first kappa shape index (κ1) is 22.7. The molecule has 2 aromatic rings. The maximum Gasteiger partial charge on any atom is 0.416 e. The van der Waals surface area contributed by atoms with Crippen molar-refractivity contribution in [1.29, 1.82) is 0 Å². The second-order valence-electron chi connectivity index (χ2n) is 6.31. The molecule has 6 nitrogen and oxygen atoms in total. The maximum atomic E-state index is 12.8. The molecule has 0 saturated heterocycles. The van der Waals surface area contributed by atoms with Crippen LogP contribution in [0.2, 0.25) is 0 Å². The number of rotatable bonds is 7. The van der Waals surface area contributed by atoms with E-state index in [-0.39, 0.29) is 34.9 Å². The van der Waals surface area contributed by atoms with Crippen LogP contribution in [0.15, 0.2) is 47.4 Å². The van der Waals surface area contributed by atoms with E-state index in [1.54, 1.807) is 6.92 Å². The average Bonchev–Trinajstić information content (AvgIpc) is 2.62. The zero-order chi connectivity index (χ0) is 21.8. The quantitative estimate of drug-likeness (QED) is 0.729. The Balaban J connectivity index is 2.25. The summed E-state index contributed by atoms with van der Waals surface area (Å²) >= 11 is 0. The Morgan fingerprint density at radius 3 is 2.41 bits per heavy atom. The van der Waals surface area contributed by atoms with E-state index in [9.17, 15) is 26.4 Å². The first-order valence-corrected chi connectivity index (χ1v) is 10.0. The molecule has 0 aromatic heterocycles. The fraction of sp³-hybridized carbons (Fsp3) is 0.316. The van der Waals surface area contributed by atoms with Gasteiger partial charge in [-0.05, 0) is 36.8 Å². The molecular formula is C19H21F3N2O4S. The number of carbonyl (C=O) groups is 1. The van der Waals surface area contributed by atoms with Gasteiger partial charge in [0.15, 0.2) is 0 Å². The van der Waals surface area contributed by atoms with Crippen LogP contribution in [0.1, 0.15) is 18.1 Å². The number of hydrogen-bond donors (Lipinski definition) is 1. The first-order chi connectivity index (χ1) is 13.4. The number of carbonyl (C=O) groups excluding carboxylic acids is 1. The standard InChI is InChI=1S/C19H21F3N2O4S/c1-4-28-16-9-8-15(12-17(16)29(26,27)24(2)3)23-18(25)11-13-6-5-7-14(10-13)19(20,21)22/h5-10,12H,4,11H2,1-3H3,(H,23,25). The molecule has 0 radical (unpaired) electrons. The lowest BCUT2D eigenvalue weighted by Crippen LogP contribution is -2.23. The summed E-state index contributed by atoms with van der Waals surface area (Å²) in [5.74, 6) is -0.446. The lowest BCUT2D eigenvalue weighted by Gasteiger charge is -2.16. The van der Waals surface area contributed by atoms with Crippen molar-refractivity contribution in [2.45, 2.75) is 24.4 Å². The Morgan fingerprint density at radius 1 is 1.14 bits per heavy atom. The summed E-state index contributed by atoms with van der Waals surface area (Å²) in [4.78, 5) is 12.1. The van der Waals surface area contributed by atoms with Gasteiger partial charge in [0.05, 0.1) is 18.6 Å². The van der Waals surface area contributed by atoms with Gasteiger partial charge in [-0.1, -0.05) is 18.2 Å². The van der Waals surface area contributed by atoms with E-state index in [1.165, 1.54) is 44.4 Å². The Hall–Kier alpha value is -2.59. The summed E-state index contributed by atoms with van der Waals surface area (Å²) in [5, 5.41) is 2.51. The monoisotopic (exact) mass is 430 g/mol. The summed E-state index contributed by atoms with van der Waals surface area (Å²) in [6.45, 7) is 1.95. The van der Waals surface area contributed by atoms with E-state index < -0.39 is 27.7 Å². The zero-order valence-corrected chi connectivity index (χ0v) is 16.9. The number of benzene rings is 2. The lowest BCUT2D eigenvalue weighted by molar-refractivity contribution is -0.137. The van der Waals surface area contributed by atoms with Crippen LogP contribution in [0.25, 0.3) is 0 Å². The highest BCUT2D eigenvalue weighted by Crippen LogP contribution is 2.31. The van der Waals surface area contributed by atoms with Gasteiger partial charge in [0.25, 0.3) is 0 Å². The minimum absolute atomic E-state index is 0.124. The number of alkyl halides is 3. The van der Waals surface area contributed by atoms with Crippen molar-refractivity contribution in [1.82, 2.24) is 4.31 Å². The topological polar surface area (TPSA) is 75.7 Å². The third kappa shape index (κ3) is 5.70. The highest BCUT2D eigenvalue weighted by molar-refractivity contribution is 7.89. The molecule has 0 unspecified atom stereocenters. The van der Waals surface area contributed by atoms with Crippen molar-refractivity contribution in [3.63, 3.8) is 0 Å². The van der Waals surface area contributed by atoms with Crippen LogP contribution in [-0.2, 0) is 27.4 Å². The Morgan fingerprint density at radius 2 is 1.83 bits per heavy atom. The number of hydrogen-bond acceptors (Lipinski definition) is 4. The zero-order valence-electron chi connectivity index (χ0n) is 16.1. The molecule has 0 atom stereocenters. The number of sulfonamides is 1. The smallest absolute Gasteiger partial charge is 0.416 e. The van der Waals surface area contributed by atoms with E-state index >= 15 is 0 Å². The minimum atomic E-state index is -4.50. The summed E-state index contributed by atoms with van der Waals surface area (Å²) in [7, 11) is -1.11. The Bertz CT molecular complexity index is 989. The third-order valence-corrected chi connectivity index (χ3v) is 5.74. The summed E-state index contributed by atoms with van der Waals surface area (Å²) in [6, 6.07) is 8.60. The number of amides is 1. The van der Waals surface area contributed by atoms with Crippen LogP contribution >= 0.6 is 0 Å². The second kappa shape index (κ2) is 8.83. The Kier molecular flexibility index (Phi) is 6.91. The summed E-state index contributed by atoms with van der Waals surface area (Å²) < 4.78 is 69.8. The molecule has 0 fully saturated rings. The van der Waals surface area contributed by atoms with Gasteiger partial charge in [-0.15, -0.1) is 0 Å². The molecule has 2 aromatic carbocycles. The van der Waals surface area contributed by atoms with E-state index in [4.69, 9.17) is 4.74 Å².